The Morgan fingerprint density at radius 3 is 2.42 bits per heavy atom. The van der Waals surface area contributed by atoms with Crippen LogP contribution in [0.3, 0.4) is 0 Å². The molecule has 0 saturated heterocycles. The van der Waals surface area contributed by atoms with Gasteiger partial charge < -0.3 is 5.32 Å². The van der Waals surface area contributed by atoms with E-state index in [0.717, 1.165) is 33.9 Å². The first kappa shape index (κ1) is 16.7. The number of aryl methyl sites for hydroxylation is 2. The zero-order valence-corrected chi connectivity index (χ0v) is 15.4. The summed E-state index contributed by atoms with van der Waals surface area (Å²) in [6, 6.07) is 14.4. The first-order valence-corrected chi connectivity index (χ1v) is 9.23. The monoisotopic (exact) mass is 356 g/mol. The van der Waals surface area contributed by atoms with E-state index in [4.69, 9.17) is 12.2 Å². The Morgan fingerprint density at radius 2 is 1.75 bits per heavy atom. The van der Waals surface area contributed by atoms with E-state index < -0.39 is 0 Å². The quantitative estimate of drug-likeness (QED) is 0.455. The maximum Gasteiger partial charge on any atom is 0.202 e. The van der Waals surface area contributed by atoms with E-state index in [1.54, 1.807) is 11.3 Å². The lowest BCUT2D eigenvalue weighted by Gasteiger charge is -2.16. The largest absolute Gasteiger partial charge is 0.331 e. The smallest absolute Gasteiger partial charge is 0.202 e. The fraction of sp³-hybridized carbons (Fsp3) is 0.222. The van der Waals surface area contributed by atoms with Gasteiger partial charge in [0.1, 0.15) is 0 Å². The average molecular weight is 357 g/mol. The van der Waals surface area contributed by atoms with E-state index in [0.29, 0.717) is 5.11 Å². The summed E-state index contributed by atoms with van der Waals surface area (Å²) in [5, 5.41) is 4.64. The van der Waals surface area contributed by atoms with Crippen molar-refractivity contribution in [1.29, 1.82) is 0 Å². The van der Waals surface area contributed by atoms with Crippen LogP contribution in [0.1, 0.15) is 25.0 Å². The second kappa shape index (κ2) is 7.59. The Labute approximate surface area is 151 Å². The van der Waals surface area contributed by atoms with E-state index in [-0.39, 0.29) is 0 Å². The predicted molar refractivity (Wildman–Crippen MR) is 108 cm³/mol. The minimum atomic E-state index is 0.532. The van der Waals surface area contributed by atoms with Crippen LogP contribution in [0.4, 0.5) is 10.8 Å². The average Bonchev–Trinajstić information content (AvgIpc) is 3.03. The highest BCUT2D eigenvalue weighted by Gasteiger charge is 2.08. The molecular weight excluding hydrogens is 336 g/mol. The van der Waals surface area contributed by atoms with Gasteiger partial charge >= 0.3 is 0 Å². The fourth-order valence-corrected chi connectivity index (χ4v) is 3.56. The van der Waals surface area contributed by atoms with Crippen molar-refractivity contribution < 1.29 is 0 Å². The lowest BCUT2D eigenvalue weighted by Crippen LogP contribution is -2.33. The third-order valence-electron chi connectivity index (χ3n) is 3.81. The van der Waals surface area contributed by atoms with Gasteiger partial charge in [0.15, 0.2) is 5.11 Å². The van der Waals surface area contributed by atoms with Gasteiger partial charge in [-0.25, -0.2) is 4.98 Å². The van der Waals surface area contributed by atoms with E-state index in [1.807, 2.05) is 18.2 Å². The Balaban J connectivity index is 1.68. The van der Waals surface area contributed by atoms with Gasteiger partial charge in [0.2, 0.25) is 5.13 Å². The van der Waals surface area contributed by atoms with Gasteiger partial charge in [-0.3, -0.25) is 10.9 Å². The number of para-hydroxylation sites is 2. The molecule has 2 aromatic carbocycles. The van der Waals surface area contributed by atoms with Crippen LogP contribution in [0.15, 0.2) is 42.5 Å². The second-order valence-electron chi connectivity index (χ2n) is 5.35. The molecular formula is C18H20N4S2. The standard InChI is InChI=1S/C18H20N4S2/c1-3-12-8-7-9-13(4-2)16(12)20-17(23)21-22-18-19-14-10-5-6-11-15(14)24-18/h5-11H,3-4H2,1-2H3,(H,19,22)(H2,20,21,23). The number of benzene rings is 2. The maximum atomic E-state index is 5.42. The molecule has 124 valence electrons. The van der Waals surface area contributed by atoms with Crippen LogP contribution >= 0.6 is 23.6 Å². The molecule has 1 heterocycles. The van der Waals surface area contributed by atoms with Gasteiger partial charge in [0.25, 0.3) is 0 Å². The molecule has 0 saturated carbocycles. The zero-order valence-electron chi connectivity index (χ0n) is 13.7. The van der Waals surface area contributed by atoms with Gasteiger partial charge in [-0.2, -0.15) is 0 Å². The third kappa shape index (κ3) is 3.66. The number of thiazole rings is 1. The molecule has 0 atom stereocenters. The van der Waals surface area contributed by atoms with Crippen molar-refractivity contribution in [3.05, 3.63) is 53.6 Å². The molecule has 0 fully saturated rings. The molecule has 0 aliphatic heterocycles. The molecule has 0 aliphatic carbocycles. The highest BCUT2D eigenvalue weighted by Crippen LogP contribution is 2.25. The number of nitrogens with zero attached hydrogens (tertiary/aromatic N) is 1. The van der Waals surface area contributed by atoms with Gasteiger partial charge in [0, 0.05) is 5.69 Å². The summed E-state index contributed by atoms with van der Waals surface area (Å²) < 4.78 is 1.14. The van der Waals surface area contributed by atoms with E-state index in [9.17, 15) is 0 Å². The molecule has 3 rings (SSSR count). The van der Waals surface area contributed by atoms with Crippen molar-refractivity contribution in [3.63, 3.8) is 0 Å². The normalized spacial score (nSPS) is 10.6. The van der Waals surface area contributed by atoms with Gasteiger partial charge in [-0.15, -0.1) is 0 Å². The Morgan fingerprint density at radius 1 is 1.04 bits per heavy atom. The summed E-state index contributed by atoms with van der Waals surface area (Å²) in [5.74, 6) is 0. The molecule has 0 aliphatic rings. The Kier molecular flexibility index (Phi) is 5.27. The molecule has 4 nitrogen and oxygen atoms in total. The van der Waals surface area contributed by atoms with Crippen molar-refractivity contribution in [1.82, 2.24) is 10.4 Å². The first-order chi connectivity index (χ1) is 11.7. The summed E-state index contributed by atoms with van der Waals surface area (Å²) in [4.78, 5) is 4.52. The van der Waals surface area contributed by atoms with Crippen LogP contribution in [0.5, 0.6) is 0 Å². The number of hydrazine groups is 1. The summed E-state index contributed by atoms with van der Waals surface area (Å²) in [6.45, 7) is 4.30. The van der Waals surface area contributed by atoms with Crippen LogP contribution in [-0.2, 0) is 12.8 Å². The summed E-state index contributed by atoms with van der Waals surface area (Å²) in [6.07, 6.45) is 1.92. The van der Waals surface area contributed by atoms with Gasteiger partial charge in [-0.1, -0.05) is 55.5 Å². The Bertz CT molecular complexity index is 802. The first-order valence-electron chi connectivity index (χ1n) is 8.00. The number of rotatable bonds is 5. The molecule has 6 heteroatoms. The summed E-state index contributed by atoms with van der Waals surface area (Å²) >= 11 is 7.01. The molecule has 3 N–H and O–H groups in total. The molecule has 0 spiro atoms. The molecule has 0 amide bonds. The molecule has 24 heavy (non-hydrogen) atoms. The van der Waals surface area contributed by atoms with Crippen molar-refractivity contribution in [2.45, 2.75) is 26.7 Å². The van der Waals surface area contributed by atoms with Crippen molar-refractivity contribution in [2.75, 3.05) is 10.7 Å². The minimum absolute atomic E-state index is 0.532. The summed E-state index contributed by atoms with van der Waals surface area (Å²) in [7, 11) is 0. The fourth-order valence-electron chi connectivity index (χ4n) is 2.58. The number of anilines is 2. The second-order valence-corrected chi connectivity index (χ2v) is 6.79. The predicted octanol–water partition coefficient (Wildman–Crippen LogP) is 4.73. The summed E-state index contributed by atoms with van der Waals surface area (Å²) in [5.41, 5.74) is 10.7. The molecule has 3 aromatic rings. The highest BCUT2D eigenvalue weighted by molar-refractivity contribution is 7.80. The topological polar surface area (TPSA) is 49.0 Å². The van der Waals surface area contributed by atoms with Crippen LogP contribution in [0.2, 0.25) is 0 Å². The Hall–Kier alpha value is -2.18. The number of aromatic nitrogens is 1. The van der Waals surface area contributed by atoms with Crippen molar-refractivity contribution in [3.8, 4) is 0 Å². The highest BCUT2D eigenvalue weighted by atomic mass is 32.1. The lowest BCUT2D eigenvalue weighted by molar-refractivity contribution is 1.08. The van der Waals surface area contributed by atoms with E-state index >= 15 is 0 Å². The third-order valence-corrected chi connectivity index (χ3v) is 4.97. The van der Waals surface area contributed by atoms with Gasteiger partial charge in [-0.05, 0) is 48.3 Å². The SMILES string of the molecule is CCc1cccc(CC)c1NC(=S)NNc1nc2ccccc2s1. The van der Waals surface area contributed by atoms with E-state index in [2.05, 4.69) is 59.3 Å². The molecule has 0 unspecified atom stereocenters. The zero-order chi connectivity index (χ0) is 16.9. The van der Waals surface area contributed by atoms with Crippen LogP contribution in [0.25, 0.3) is 10.2 Å². The van der Waals surface area contributed by atoms with Crippen LogP contribution in [-0.4, -0.2) is 10.1 Å². The molecule has 1 aromatic heterocycles. The molecule has 0 bridgehead atoms. The number of nitrogens with one attached hydrogen (secondary N) is 3. The number of hydrogen-bond acceptors (Lipinski definition) is 4. The van der Waals surface area contributed by atoms with Crippen molar-refractivity contribution in [2.24, 2.45) is 0 Å². The lowest BCUT2D eigenvalue weighted by atomic mass is 10.0. The van der Waals surface area contributed by atoms with Gasteiger partial charge in [0.05, 0.1) is 10.2 Å². The number of hydrogen-bond donors (Lipinski definition) is 3. The number of fused-ring (bicyclic) bond motifs is 1. The van der Waals surface area contributed by atoms with Crippen LogP contribution < -0.4 is 16.2 Å². The van der Waals surface area contributed by atoms with Crippen LogP contribution in [0, 0.1) is 0 Å². The van der Waals surface area contributed by atoms with Crippen molar-refractivity contribution >= 4 is 49.7 Å². The van der Waals surface area contributed by atoms with E-state index in [1.165, 1.54) is 11.1 Å². The molecule has 0 radical (unpaired) electrons. The maximum absolute atomic E-state index is 5.42. The number of thiocarbonyl (C=S) groups is 1. The minimum Gasteiger partial charge on any atom is -0.331 e.